The third-order valence-electron chi connectivity index (χ3n) is 2.80. The zero-order valence-electron chi connectivity index (χ0n) is 9.84. The summed E-state index contributed by atoms with van der Waals surface area (Å²) in [4.78, 5) is 15.0. The molecule has 1 aromatic carbocycles. The molecular formula is C13H14N2O2. The third-order valence-corrected chi connectivity index (χ3v) is 2.80. The standard InChI is InChI=1S/C13H14N2O2/c1-9-5-3-4-6-11(9)13-14-8-10(15(13)2)7-12(16)17/h3-6,8H,7H2,1-2H3,(H,16,17). The predicted molar refractivity (Wildman–Crippen MR) is 64.7 cm³/mol. The van der Waals surface area contributed by atoms with Crippen LogP contribution in [0.5, 0.6) is 0 Å². The van der Waals surface area contributed by atoms with Crippen LogP contribution in [0.15, 0.2) is 30.5 Å². The molecule has 0 bridgehead atoms. The van der Waals surface area contributed by atoms with E-state index in [9.17, 15) is 4.79 Å². The van der Waals surface area contributed by atoms with E-state index in [0.717, 1.165) is 17.0 Å². The number of carboxylic acids is 1. The first kappa shape index (κ1) is 11.4. The highest BCUT2D eigenvalue weighted by atomic mass is 16.4. The normalized spacial score (nSPS) is 10.5. The molecule has 17 heavy (non-hydrogen) atoms. The maximum absolute atomic E-state index is 10.7. The molecule has 1 N–H and O–H groups in total. The average molecular weight is 230 g/mol. The van der Waals surface area contributed by atoms with Crippen molar-refractivity contribution in [3.05, 3.63) is 41.7 Å². The molecule has 0 amide bonds. The molecule has 88 valence electrons. The van der Waals surface area contributed by atoms with Gasteiger partial charge < -0.3 is 9.67 Å². The van der Waals surface area contributed by atoms with Gasteiger partial charge in [-0.15, -0.1) is 0 Å². The summed E-state index contributed by atoms with van der Waals surface area (Å²) >= 11 is 0. The van der Waals surface area contributed by atoms with Crippen LogP contribution in [0.25, 0.3) is 11.4 Å². The minimum Gasteiger partial charge on any atom is -0.481 e. The lowest BCUT2D eigenvalue weighted by Gasteiger charge is -2.07. The van der Waals surface area contributed by atoms with Crippen molar-refractivity contribution in [3.63, 3.8) is 0 Å². The Morgan fingerprint density at radius 2 is 2.12 bits per heavy atom. The van der Waals surface area contributed by atoms with Crippen LogP contribution < -0.4 is 0 Å². The van der Waals surface area contributed by atoms with Gasteiger partial charge in [0.05, 0.1) is 6.42 Å². The van der Waals surface area contributed by atoms with E-state index in [1.54, 1.807) is 6.20 Å². The summed E-state index contributed by atoms with van der Waals surface area (Å²) in [5.41, 5.74) is 2.87. The van der Waals surface area contributed by atoms with E-state index < -0.39 is 5.97 Å². The SMILES string of the molecule is Cc1ccccc1-c1ncc(CC(=O)O)n1C. The van der Waals surface area contributed by atoms with E-state index >= 15 is 0 Å². The Labute approximate surface area is 99.5 Å². The number of rotatable bonds is 3. The van der Waals surface area contributed by atoms with Gasteiger partial charge in [-0.25, -0.2) is 4.98 Å². The quantitative estimate of drug-likeness (QED) is 0.877. The van der Waals surface area contributed by atoms with E-state index in [1.165, 1.54) is 0 Å². The van der Waals surface area contributed by atoms with Crippen LogP contribution in [-0.2, 0) is 18.3 Å². The number of hydrogen-bond donors (Lipinski definition) is 1. The molecule has 0 spiro atoms. The van der Waals surface area contributed by atoms with Gasteiger partial charge in [0.1, 0.15) is 5.82 Å². The first-order valence-electron chi connectivity index (χ1n) is 5.38. The van der Waals surface area contributed by atoms with Gasteiger partial charge in [0, 0.05) is 24.5 Å². The summed E-state index contributed by atoms with van der Waals surface area (Å²) in [5, 5.41) is 8.78. The van der Waals surface area contributed by atoms with Gasteiger partial charge in [0.2, 0.25) is 0 Å². The van der Waals surface area contributed by atoms with Gasteiger partial charge in [0.25, 0.3) is 0 Å². The van der Waals surface area contributed by atoms with Gasteiger partial charge in [-0.3, -0.25) is 4.79 Å². The molecule has 2 rings (SSSR count). The molecule has 0 radical (unpaired) electrons. The average Bonchev–Trinajstić information content (AvgIpc) is 2.61. The Bertz CT molecular complexity index is 558. The molecule has 0 saturated carbocycles. The van der Waals surface area contributed by atoms with E-state index in [-0.39, 0.29) is 6.42 Å². The fourth-order valence-electron chi connectivity index (χ4n) is 1.84. The zero-order valence-corrected chi connectivity index (χ0v) is 9.84. The summed E-state index contributed by atoms with van der Waals surface area (Å²) in [7, 11) is 1.84. The Balaban J connectivity index is 2.44. The fourth-order valence-corrected chi connectivity index (χ4v) is 1.84. The topological polar surface area (TPSA) is 55.1 Å². The first-order chi connectivity index (χ1) is 8.09. The first-order valence-corrected chi connectivity index (χ1v) is 5.38. The van der Waals surface area contributed by atoms with Crippen LogP contribution in [0.4, 0.5) is 0 Å². The Kier molecular flexibility index (Phi) is 2.95. The van der Waals surface area contributed by atoms with E-state index in [2.05, 4.69) is 4.98 Å². The molecule has 0 atom stereocenters. The lowest BCUT2D eigenvalue weighted by atomic mass is 10.1. The number of aryl methyl sites for hydroxylation is 1. The lowest BCUT2D eigenvalue weighted by molar-refractivity contribution is -0.136. The maximum atomic E-state index is 10.7. The predicted octanol–water partition coefficient (Wildman–Crippen LogP) is 2.02. The molecule has 1 aromatic heterocycles. The summed E-state index contributed by atoms with van der Waals surface area (Å²) < 4.78 is 1.83. The van der Waals surface area contributed by atoms with Crippen LogP contribution in [0.1, 0.15) is 11.3 Å². The van der Waals surface area contributed by atoms with Crippen LogP contribution in [0.3, 0.4) is 0 Å². The number of aliphatic carboxylic acids is 1. The highest BCUT2D eigenvalue weighted by Crippen LogP contribution is 2.22. The van der Waals surface area contributed by atoms with Crippen LogP contribution >= 0.6 is 0 Å². The molecule has 4 nitrogen and oxygen atoms in total. The fraction of sp³-hybridized carbons (Fsp3) is 0.231. The number of carboxylic acid groups (broad SMARTS) is 1. The van der Waals surface area contributed by atoms with Gasteiger partial charge in [-0.05, 0) is 12.5 Å². The Hall–Kier alpha value is -2.10. The number of carbonyl (C=O) groups is 1. The zero-order chi connectivity index (χ0) is 12.4. The maximum Gasteiger partial charge on any atom is 0.309 e. The molecule has 0 saturated heterocycles. The van der Waals surface area contributed by atoms with Gasteiger partial charge >= 0.3 is 5.97 Å². The third kappa shape index (κ3) is 2.20. The number of imidazole rings is 1. The number of aromatic nitrogens is 2. The molecule has 0 fully saturated rings. The molecule has 0 aliphatic heterocycles. The van der Waals surface area contributed by atoms with Gasteiger partial charge in [-0.2, -0.15) is 0 Å². The molecule has 0 aliphatic rings. The summed E-state index contributed by atoms with van der Waals surface area (Å²) in [6.45, 7) is 2.01. The van der Waals surface area contributed by atoms with Crippen LogP contribution in [0.2, 0.25) is 0 Å². The van der Waals surface area contributed by atoms with Crippen LogP contribution in [-0.4, -0.2) is 20.6 Å². The Morgan fingerprint density at radius 3 is 2.76 bits per heavy atom. The van der Waals surface area contributed by atoms with Crippen molar-refractivity contribution >= 4 is 5.97 Å². The molecule has 1 heterocycles. The highest BCUT2D eigenvalue weighted by Gasteiger charge is 2.12. The van der Waals surface area contributed by atoms with Crippen molar-refractivity contribution in [2.24, 2.45) is 7.05 Å². The lowest BCUT2D eigenvalue weighted by Crippen LogP contribution is -2.06. The largest absolute Gasteiger partial charge is 0.481 e. The molecule has 4 heteroatoms. The van der Waals surface area contributed by atoms with E-state index in [0.29, 0.717) is 5.69 Å². The minimum atomic E-state index is -0.843. The molecule has 0 unspecified atom stereocenters. The molecular weight excluding hydrogens is 216 g/mol. The van der Waals surface area contributed by atoms with Crippen molar-refractivity contribution in [2.45, 2.75) is 13.3 Å². The van der Waals surface area contributed by atoms with Crippen molar-refractivity contribution in [3.8, 4) is 11.4 Å². The monoisotopic (exact) mass is 230 g/mol. The van der Waals surface area contributed by atoms with Crippen molar-refractivity contribution < 1.29 is 9.90 Å². The van der Waals surface area contributed by atoms with Gasteiger partial charge in [0.15, 0.2) is 0 Å². The second-order valence-corrected chi connectivity index (χ2v) is 4.02. The van der Waals surface area contributed by atoms with Crippen LogP contribution in [0, 0.1) is 6.92 Å². The summed E-state index contributed by atoms with van der Waals surface area (Å²) in [6.07, 6.45) is 1.62. The van der Waals surface area contributed by atoms with Crippen molar-refractivity contribution in [2.75, 3.05) is 0 Å². The second-order valence-electron chi connectivity index (χ2n) is 4.02. The second kappa shape index (κ2) is 4.41. The Morgan fingerprint density at radius 1 is 1.41 bits per heavy atom. The minimum absolute atomic E-state index is 0.00458. The van der Waals surface area contributed by atoms with Crippen molar-refractivity contribution in [1.82, 2.24) is 9.55 Å². The number of benzene rings is 1. The molecule has 2 aromatic rings. The van der Waals surface area contributed by atoms with E-state index in [1.807, 2.05) is 42.8 Å². The summed E-state index contributed by atoms with van der Waals surface area (Å²) in [6, 6.07) is 7.93. The number of hydrogen-bond acceptors (Lipinski definition) is 2. The van der Waals surface area contributed by atoms with Gasteiger partial charge in [-0.1, -0.05) is 24.3 Å². The van der Waals surface area contributed by atoms with Crippen molar-refractivity contribution in [1.29, 1.82) is 0 Å². The van der Waals surface area contributed by atoms with E-state index in [4.69, 9.17) is 5.11 Å². The number of nitrogens with zero attached hydrogens (tertiary/aromatic N) is 2. The summed E-state index contributed by atoms with van der Waals surface area (Å²) in [5.74, 6) is -0.0383. The highest BCUT2D eigenvalue weighted by molar-refractivity contribution is 5.70. The smallest absolute Gasteiger partial charge is 0.309 e. The molecule has 0 aliphatic carbocycles.